The van der Waals surface area contributed by atoms with Crippen molar-refractivity contribution in [2.24, 2.45) is 0 Å². The van der Waals surface area contributed by atoms with E-state index in [9.17, 15) is 4.79 Å². The van der Waals surface area contributed by atoms with E-state index < -0.39 is 0 Å². The summed E-state index contributed by atoms with van der Waals surface area (Å²) in [6.07, 6.45) is 4.87. The van der Waals surface area contributed by atoms with Gasteiger partial charge in [-0.1, -0.05) is 12.1 Å². The van der Waals surface area contributed by atoms with Gasteiger partial charge < -0.3 is 10.0 Å². The SMILES string of the molecule is O=C1CCCCN1CCCc1ccc(O)cc1. The number of hydrogen-bond acceptors (Lipinski definition) is 2. The molecule has 1 fully saturated rings. The molecule has 0 atom stereocenters. The van der Waals surface area contributed by atoms with E-state index in [4.69, 9.17) is 5.11 Å². The molecule has 3 heteroatoms. The summed E-state index contributed by atoms with van der Waals surface area (Å²) in [5.74, 6) is 0.613. The number of hydrogen-bond donors (Lipinski definition) is 1. The average molecular weight is 233 g/mol. The molecule has 2 rings (SSSR count). The van der Waals surface area contributed by atoms with Crippen molar-refractivity contribution in [3.63, 3.8) is 0 Å². The first-order valence-electron chi connectivity index (χ1n) is 6.31. The number of aromatic hydroxyl groups is 1. The number of benzene rings is 1. The van der Waals surface area contributed by atoms with E-state index in [1.54, 1.807) is 12.1 Å². The Morgan fingerprint density at radius 3 is 2.65 bits per heavy atom. The van der Waals surface area contributed by atoms with Gasteiger partial charge in [-0.05, 0) is 43.4 Å². The van der Waals surface area contributed by atoms with E-state index >= 15 is 0 Å². The van der Waals surface area contributed by atoms with Gasteiger partial charge in [-0.25, -0.2) is 0 Å². The van der Waals surface area contributed by atoms with Crippen molar-refractivity contribution in [3.05, 3.63) is 29.8 Å². The molecule has 1 saturated heterocycles. The number of likely N-dealkylation sites (tertiary alicyclic amines) is 1. The molecule has 0 spiro atoms. The summed E-state index contributed by atoms with van der Waals surface area (Å²) in [4.78, 5) is 13.6. The number of aryl methyl sites for hydroxylation is 1. The standard InChI is InChI=1S/C14H19NO2/c16-13-8-6-12(7-9-13)4-3-11-15-10-2-1-5-14(15)17/h6-9,16H,1-5,10-11H2. The number of carbonyl (C=O) groups is 1. The Bertz CT molecular complexity index is 372. The van der Waals surface area contributed by atoms with Crippen LogP contribution in [0.25, 0.3) is 0 Å². The minimum Gasteiger partial charge on any atom is -0.508 e. The van der Waals surface area contributed by atoms with E-state index in [2.05, 4.69) is 0 Å². The molecular formula is C14H19NO2. The van der Waals surface area contributed by atoms with Crippen LogP contribution in [0.5, 0.6) is 5.75 Å². The Balaban J connectivity index is 1.75. The highest BCUT2D eigenvalue weighted by Crippen LogP contribution is 2.13. The predicted octanol–water partition coefficient (Wildman–Crippen LogP) is 2.34. The number of rotatable bonds is 4. The van der Waals surface area contributed by atoms with Crippen molar-refractivity contribution in [1.82, 2.24) is 4.90 Å². The molecule has 0 aromatic heterocycles. The van der Waals surface area contributed by atoms with Crippen LogP contribution in [-0.2, 0) is 11.2 Å². The van der Waals surface area contributed by atoms with Gasteiger partial charge in [0.05, 0.1) is 0 Å². The molecule has 0 saturated carbocycles. The first-order chi connectivity index (χ1) is 8.25. The number of carbonyl (C=O) groups excluding carboxylic acids is 1. The lowest BCUT2D eigenvalue weighted by Gasteiger charge is -2.26. The molecule has 1 aromatic carbocycles. The Hall–Kier alpha value is -1.51. The van der Waals surface area contributed by atoms with Gasteiger partial charge in [0, 0.05) is 19.5 Å². The Labute approximate surface area is 102 Å². The Morgan fingerprint density at radius 1 is 1.18 bits per heavy atom. The Morgan fingerprint density at radius 2 is 1.94 bits per heavy atom. The normalized spacial score (nSPS) is 16.2. The van der Waals surface area contributed by atoms with Crippen LogP contribution >= 0.6 is 0 Å². The highest BCUT2D eigenvalue weighted by molar-refractivity contribution is 5.76. The molecule has 0 aliphatic carbocycles. The van der Waals surface area contributed by atoms with Gasteiger partial charge in [0.1, 0.15) is 5.75 Å². The third kappa shape index (κ3) is 3.48. The average Bonchev–Trinajstić information content (AvgIpc) is 2.34. The maximum Gasteiger partial charge on any atom is 0.222 e. The van der Waals surface area contributed by atoms with Crippen LogP contribution in [0, 0.1) is 0 Å². The molecule has 0 bridgehead atoms. The summed E-state index contributed by atoms with van der Waals surface area (Å²) in [7, 11) is 0. The number of piperidine rings is 1. The van der Waals surface area contributed by atoms with Crippen LogP contribution in [-0.4, -0.2) is 29.0 Å². The molecule has 1 amide bonds. The van der Waals surface area contributed by atoms with E-state index in [1.807, 2.05) is 17.0 Å². The first-order valence-corrected chi connectivity index (χ1v) is 6.31. The minimum absolute atomic E-state index is 0.306. The number of amides is 1. The second-order valence-corrected chi connectivity index (χ2v) is 4.61. The van der Waals surface area contributed by atoms with Crippen molar-refractivity contribution in [3.8, 4) is 5.75 Å². The molecule has 1 aliphatic heterocycles. The molecule has 17 heavy (non-hydrogen) atoms. The fraction of sp³-hybridized carbons (Fsp3) is 0.500. The minimum atomic E-state index is 0.306. The lowest BCUT2D eigenvalue weighted by Crippen LogP contribution is -2.36. The molecule has 3 nitrogen and oxygen atoms in total. The topological polar surface area (TPSA) is 40.5 Å². The van der Waals surface area contributed by atoms with Crippen molar-refractivity contribution < 1.29 is 9.90 Å². The summed E-state index contributed by atoms with van der Waals surface area (Å²) in [6.45, 7) is 1.79. The largest absolute Gasteiger partial charge is 0.508 e. The second kappa shape index (κ2) is 5.71. The molecule has 1 heterocycles. The van der Waals surface area contributed by atoms with Crippen molar-refractivity contribution in [1.29, 1.82) is 0 Å². The molecule has 92 valence electrons. The van der Waals surface area contributed by atoms with Gasteiger partial charge in [-0.2, -0.15) is 0 Å². The predicted molar refractivity (Wildman–Crippen MR) is 66.9 cm³/mol. The van der Waals surface area contributed by atoms with Gasteiger partial charge in [-0.15, -0.1) is 0 Å². The van der Waals surface area contributed by atoms with Crippen LogP contribution in [0.2, 0.25) is 0 Å². The molecule has 0 unspecified atom stereocenters. The smallest absolute Gasteiger partial charge is 0.222 e. The zero-order chi connectivity index (χ0) is 12.1. The molecular weight excluding hydrogens is 214 g/mol. The van der Waals surface area contributed by atoms with Gasteiger partial charge in [0.2, 0.25) is 5.91 Å². The van der Waals surface area contributed by atoms with Crippen LogP contribution in [0.3, 0.4) is 0 Å². The third-order valence-corrected chi connectivity index (χ3v) is 3.25. The zero-order valence-electron chi connectivity index (χ0n) is 10.1. The molecule has 1 N–H and O–H groups in total. The van der Waals surface area contributed by atoms with Crippen molar-refractivity contribution in [2.75, 3.05) is 13.1 Å². The first kappa shape index (κ1) is 12.0. The summed E-state index contributed by atoms with van der Waals surface area (Å²) >= 11 is 0. The van der Waals surface area contributed by atoms with E-state index in [0.29, 0.717) is 11.7 Å². The lowest BCUT2D eigenvalue weighted by atomic mass is 10.1. The Kier molecular flexibility index (Phi) is 4.02. The van der Waals surface area contributed by atoms with Crippen LogP contribution in [0.1, 0.15) is 31.2 Å². The van der Waals surface area contributed by atoms with Gasteiger partial charge >= 0.3 is 0 Å². The summed E-state index contributed by atoms with van der Waals surface area (Å²) in [5.41, 5.74) is 1.22. The number of phenols is 1. The van der Waals surface area contributed by atoms with Crippen molar-refractivity contribution in [2.45, 2.75) is 32.1 Å². The summed E-state index contributed by atoms with van der Waals surface area (Å²) in [5, 5.41) is 9.17. The van der Waals surface area contributed by atoms with Crippen molar-refractivity contribution >= 4 is 5.91 Å². The number of nitrogens with zero attached hydrogens (tertiary/aromatic N) is 1. The molecule has 0 radical (unpaired) electrons. The zero-order valence-corrected chi connectivity index (χ0v) is 10.1. The number of phenolic OH excluding ortho intramolecular Hbond substituents is 1. The fourth-order valence-corrected chi connectivity index (χ4v) is 2.23. The third-order valence-electron chi connectivity index (χ3n) is 3.25. The maximum atomic E-state index is 11.6. The summed E-state index contributed by atoms with van der Waals surface area (Å²) in [6, 6.07) is 7.30. The second-order valence-electron chi connectivity index (χ2n) is 4.61. The maximum absolute atomic E-state index is 11.6. The quantitative estimate of drug-likeness (QED) is 0.867. The lowest BCUT2D eigenvalue weighted by molar-refractivity contribution is -0.133. The highest BCUT2D eigenvalue weighted by Gasteiger charge is 2.16. The van der Waals surface area contributed by atoms with Crippen LogP contribution in [0.15, 0.2) is 24.3 Å². The highest BCUT2D eigenvalue weighted by atomic mass is 16.3. The van der Waals surface area contributed by atoms with Gasteiger partial charge in [0.25, 0.3) is 0 Å². The van der Waals surface area contributed by atoms with Gasteiger partial charge in [0.15, 0.2) is 0 Å². The van der Waals surface area contributed by atoms with Gasteiger partial charge in [-0.3, -0.25) is 4.79 Å². The summed E-state index contributed by atoms with van der Waals surface area (Å²) < 4.78 is 0. The van der Waals surface area contributed by atoms with E-state index in [-0.39, 0.29) is 0 Å². The van der Waals surface area contributed by atoms with Crippen LogP contribution < -0.4 is 0 Å². The van der Waals surface area contributed by atoms with E-state index in [0.717, 1.165) is 45.2 Å². The van der Waals surface area contributed by atoms with E-state index in [1.165, 1.54) is 5.56 Å². The molecule has 1 aromatic rings. The molecule has 1 aliphatic rings. The van der Waals surface area contributed by atoms with Crippen LogP contribution in [0.4, 0.5) is 0 Å². The monoisotopic (exact) mass is 233 g/mol. The fourth-order valence-electron chi connectivity index (χ4n) is 2.23.